The molecule has 0 saturated heterocycles. The van der Waals surface area contributed by atoms with Crippen LogP contribution in [0.15, 0.2) is 0 Å². The summed E-state index contributed by atoms with van der Waals surface area (Å²) in [5.41, 5.74) is 1.23. The van der Waals surface area contributed by atoms with E-state index in [2.05, 4.69) is 31.1 Å². The highest BCUT2D eigenvalue weighted by Crippen LogP contribution is 2.43. The fourth-order valence-electron chi connectivity index (χ4n) is 1.79. The minimum Gasteiger partial charge on any atom is -0.309 e. The third-order valence-corrected chi connectivity index (χ3v) is 4.37. The monoisotopic (exact) mass is 224 g/mol. The molecule has 1 aromatic heterocycles. The molecule has 0 aliphatic heterocycles. The summed E-state index contributed by atoms with van der Waals surface area (Å²) in [6.45, 7) is 7.68. The molecule has 0 amide bonds. The molecule has 1 aliphatic rings. The second kappa shape index (κ2) is 4.62. The fourth-order valence-corrected chi connectivity index (χ4v) is 3.05. The number of thiazole rings is 1. The summed E-state index contributed by atoms with van der Waals surface area (Å²) in [6.07, 6.45) is 3.89. The van der Waals surface area contributed by atoms with Gasteiger partial charge in [0, 0.05) is 16.8 Å². The zero-order chi connectivity index (χ0) is 10.8. The van der Waals surface area contributed by atoms with Gasteiger partial charge in [-0.2, -0.15) is 0 Å². The fraction of sp³-hybridized carbons (Fsp3) is 0.750. The maximum atomic E-state index is 4.68. The highest BCUT2D eigenvalue weighted by Gasteiger charge is 2.28. The second-order valence-corrected chi connectivity index (χ2v) is 5.51. The summed E-state index contributed by atoms with van der Waals surface area (Å²) in [6, 6.07) is 0.468. The maximum absolute atomic E-state index is 4.68. The van der Waals surface area contributed by atoms with Crippen LogP contribution in [0.4, 0.5) is 0 Å². The standard InChI is InChI=1S/C12H20N2S/c1-4-7-13-8(2)11-9(3)14-12(15-11)10-5-6-10/h8,10,13H,4-7H2,1-3H3. The highest BCUT2D eigenvalue weighted by atomic mass is 32.1. The van der Waals surface area contributed by atoms with Gasteiger partial charge >= 0.3 is 0 Å². The van der Waals surface area contributed by atoms with Gasteiger partial charge in [-0.25, -0.2) is 4.98 Å². The molecule has 0 radical (unpaired) electrons. The molecule has 0 bridgehead atoms. The molecule has 1 unspecified atom stereocenters. The van der Waals surface area contributed by atoms with E-state index in [0.29, 0.717) is 6.04 Å². The van der Waals surface area contributed by atoms with Crippen LogP contribution in [0.1, 0.15) is 60.6 Å². The normalized spacial score (nSPS) is 18.1. The Morgan fingerprint density at radius 2 is 2.27 bits per heavy atom. The van der Waals surface area contributed by atoms with Crippen molar-refractivity contribution in [2.24, 2.45) is 0 Å². The van der Waals surface area contributed by atoms with E-state index >= 15 is 0 Å². The quantitative estimate of drug-likeness (QED) is 0.829. The van der Waals surface area contributed by atoms with Gasteiger partial charge in [0.2, 0.25) is 0 Å². The second-order valence-electron chi connectivity index (χ2n) is 4.45. The lowest BCUT2D eigenvalue weighted by Crippen LogP contribution is -2.18. The van der Waals surface area contributed by atoms with Crippen molar-refractivity contribution >= 4 is 11.3 Å². The Bertz CT molecular complexity index is 328. The van der Waals surface area contributed by atoms with Gasteiger partial charge in [0.05, 0.1) is 10.7 Å². The summed E-state index contributed by atoms with van der Waals surface area (Å²) in [7, 11) is 0. The van der Waals surface area contributed by atoms with Gasteiger partial charge in [-0.3, -0.25) is 0 Å². The molecule has 1 N–H and O–H groups in total. The van der Waals surface area contributed by atoms with Crippen LogP contribution in [0.2, 0.25) is 0 Å². The van der Waals surface area contributed by atoms with Crippen molar-refractivity contribution in [2.75, 3.05) is 6.54 Å². The van der Waals surface area contributed by atoms with E-state index in [4.69, 9.17) is 0 Å². The molecule has 0 aromatic carbocycles. The van der Waals surface area contributed by atoms with Crippen molar-refractivity contribution in [1.82, 2.24) is 10.3 Å². The van der Waals surface area contributed by atoms with Gasteiger partial charge in [-0.15, -0.1) is 11.3 Å². The van der Waals surface area contributed by atoms with Crippen LogP contribution < -0.4 is 5.32 Å². The molecule has 1 fully saturated rings. The van der Waals surface area contributed by atoms with Crippen LogP contribution in [0, 0.1) is 6.92 Å². The number of nitrogens with zero attached hydrogens (tertiary/aromatic N) is 1. The van der Waals surface area contributed by atoms with E-state index < -0.39 is 0 Å². The Balaban J connectivity index is 2.05. The lowest BCUT2D eigenvalue weighted by Gasteiger charge is -2.11. The van der Waals surface area contributed by atoms with Gasteiger partial charge in [0.1, 0.15) is 0 Å². The first kappa shape index (κ1) is 11.1. The van der Waals surface area contributed by atoms with E-state index in [1.165, 1.54) is 34.8 Å². The van der Waals surface area contributed by atoms with Gasteiger partial charge in [0.15, 0.2) is 0 Å². The summed E-state index contributed by atoms with van der Waals surface area (Å²) in [5.74, 6) is 0.792. The molecule has 1 atom stereocenters. The van der Waals surface area contributed by atoms with Crippen molar-refractivity contribution in [3.05, 3.63) is 15.6 Å². The van der Waals surface area contributed by atoms with Crippen LogP contribution in [0.5, 0.6) is 0 Å². The van der Waals surface area contributed by atoms with E-state index in [-0.39, 0.29) is 0 Å². The number of hydrogen-bond acceptors (Lipinski definition) is 3. The minimum atomic E-state index is 0.468. The molecule has 15 heavy (non-hydrogen) atoms. The molecular weight excluding hydrogens is 204 g/mol. The van der Waals surface area contributed by atoms with Crippen molar-refractivity contribution in [1.29, 1.82) is 0 Å². The van der Waals surface area contributed by atoms with Gasteiger partial charge in [-0.1, -0.05) is 6.92 Å². The van der Waals surface area contributed by atoms with Crippen LogP contribution in [-0.2, 0) is 0 Å². The Kier molecular flexibility index (Phi) is 3.42. The van der Waals surface area contributed by atoms with Crippen molar-refractivity contribution < 1.29 is 0 Å². The molecule has 0 spiro atoms. The summed E-state index contributed by atoms with van der Waals surface area (Å²) >= 11 is 1.92. The van der Waals surface area contributed by atoms with Gasteiger partial charge in [0.25, 0.3) is 0 Å². The Hall–Kier alpha value is -0.410. The topological polar surface area (TPSA) is 24.9 Å². The van der Waals surface area contributed by atoms with Gasteiger partial charge < -0.3 is 5.32 Å². The number of aryl methyl sites for hydroxylation is 1. The molecule has 1 aliphatic carbocycles. The van der Waals surface area contributed by atoms with E-state index in [1.54, 1.807) is 0 Å². The van der Waals surface area contributed by atoms with Crippen LogP contribution in [0.3, 0.4) is 0 Å². The van der Waals surface area contributed by atoms with Crippen molar-refractivity contribution in [3.8, 4) is 0 Å². The van der Waals surface area contributed by atoms with E-state index in [1.807, 2.05) is 11.3 Å². The molecule has 2 rings (SSSR count). The maximum Gasteiger partial charge on any atom is 0.0962 e. The summed E-state index contributed by atoms with van der Waals surface area (Å²) < 4.78 is 0. The molecule has 3 heteroatoms. The first-order chi connectivity index (χ1) is 7.22. The molecule has 1 aromatic rings. The molecule has 1 saturated carbocycles. The summed E-state index contributed by atoms with van der Waals surface area (Å²) in [4.78, 5) is 6.12. The Morgan fingerprint density at radius 3 is 2.87 bits per heavy atom. The van der Waals surface area contributed by atoms with E-state index in [9.17, 15) is 0 Å². The zero-order valence-corrected chi connectivity index (χ0v) is 10.7. The first-order valence-electron chi connectivity index (χ1n) is 5.93. The first-order valence-corrected chi connectivity index (χ1v) is 6.74. The smallest absolute Gasteiger partial charge is 0.0962 e. The average Bonchev–Trinajstić information content (AvgIpc) is 2.99. The number of rotatable bonds is 5. The summed E-state index contributed by atoms with van der Waals surface area (Å²) in [5, 5.41) is 4.90. The number of nitrogens with one attached hydrogen (secondary N) is 1. The Morgan fingerprint density at radius 1 is 1.53 bits per heavy atom. The van der Waals surface area contributed by atoms with Crippen molar-refractivity contribution in [2.45, 2.75) is 52.0 Å². The average molecular weight is 224 g/mol. The predicted molar refractivity (Wildman–Crippen MR) is 65.5 cm³/mol. The third-order valence-electron chi connectivity index (χ3n) is 2.87. The van der Waals surface area contributed by atoms with Crippen LogP contribution in [0.25, 0.3) is 0 Å². The molecule has 84 valence electrons. The predicted octanol–water partition coefficient (Wildman–Crippen LogP) is 3.39. The number of hydrogen-bond donors (Lipinski definition) is 1. The SMILES string of the molecule is CCCNC(C)c1sc(C2CC2)nc1C. The molecule has 2 nitrogen and oxygen atoms in total. The van der Waals surface area contributed by atoms with Crippen LogP contribution in [-0.4, -0.2) is 11.5 Å². The van der Waals surface area contributed by atoms with Crippen molar-refractivity contribution in [3.63, 3.8) is 0 Å². The van der Waals surface area contributed by atoms with E-state index in [0.717, 1.165) is 12.5 Å². The molecular formula is C12H20N2S. The Labute approximate surface area is 96.1 Å². The third kappa shape index (κ3) is 2.58. The number of aromatic nitrogens is 1. The lowest BCUT2D eigenvalue weighted by atomic mass is 10.2. The minimum absolute atomic E-state index is 0.468. The highest BCUT2D eigenvalue weighted by molar-refractivity contribution is 7.12. The lowest BCUT2D eigenvalue weighted by molar-refractivity contribution is 0.575. The zero-order valence-electron chi connectivity index (χ0n) is 9.84. The van der Waals surface area contributed by atoms with Crippen LogP contribution >= 0.6 is 11.3 Å². The largest absolute Gasteiger partial charge is 0.309 e. The van der Waals surface area contributed by atoms with Gasteiger partial charge in [-0.05, 0) is 39.7 Å². The molecule has 1 heterocycles.